The first-order chi connectivity index (χ1) is 15.3. The van der Waals surface area contributed by atoms with Gasteiger partial charge in [0.15, 0.2) is 5.11 Å². The maximum atomic E-state index is 13.3. The lowest BCUT2D eigenvalue weighted by Gasteiger charge is -2.30. The van der Waals surface area contributed by atoms with Crippen molar-refractivity contribution in [3.8, 4) is 11.4 Å². The number of ether oxygens (including phenoxy) is 1. The zero-order valence-electron chi connectivity index (χ0n) is 18.3. The summed E-state index contributed by atoms with van der Waals surface area (Å²) in [6.07, 6.45) is 1.63. The van der Waals surface area contributed by atoms with E-state index in [-0.39, 0.29) is 10.7 Å². The summed E-state index contributed by atoms with van der Waals surface area (Å²) in [5.41, 5.74) is 5.16. The van der Waals surface area contributed by atoms with Gasteiger partial charge >= 0.3 is 0 Å². The van der Waals surface area contributed by atoms with Gasteiger partial charge in [-0.2, -0.15) is 0 Å². The number of rotatable bonds is 4. The third kappa shape index (κ3) is 3.71. The van der Waals surface area contributed by atoms with E-state index in [1.165, 1.54) is 4.90 Å². The molecule has 0 radical (unpaired) electrons. The van der Waals surface area contributed by atoms with E-state index < -0.39 is 11.8 Å². The van der Waals surface area contributed by atoms with Crippen LogP contribution in [0.3, 0.4) is 0 Å². The number of aromatic nitrogens is 1. The van der Waals surface area contributed by atoms with Gasteiger partial charge < -0.3 is 9.30 Å². The number of aryl methyl sites for hydroxylation is 2. The summed E-state index contributed by atoms with van der Waals surface area (Å²) < 4.78 is 7.40. The summed E-state index contributed by atoms with van der Waals surface area (Å²) in [4.78, 5) is 27.4. The standard InChI is InChI=1S/C25H23N3O3S/c1-15-8-5-6-11-22(15)28-24(30)21(23(29)26-25(28)32)13-18-12-16(2)27(17(18)3)19-9-7-10-20(14-19)31-4/h5-14H,1-4H3,(H,26,29,32)/b21-13-. The Morgan fingerprint density at radius 3 is 2.47 bits per heavy atom. The Hall–Kier alpha value is -3.71. The fraction of sp³-hybridized carbons (Fsp3) is 0.160. The third-order valence-electron chi connectivity index (χ3n) is 5.54. The molecule has 6 nitrogen and oxygen atoms in total. The molecule has 0 atom stereocenters. The number of para-hydroxylation sites is 1. The van der Waals surface area contributed by atoms with Crippen molar-refractivity contribution in [3.05, 3.63) is 82.7 Å². The van der Waals surface area contributed by atoms with Crippen LogP contribution in [0.1, 0.15) is 22.5 Å². The number of carbonyl (C=O) groups is 2. The Labute approximate surface area is 192 Å². The van der Waals surface area contributed by atoms with Crippen molar-refractivity contribution < 1.29 is 14.3 Å². The van der Waals surface area contributed by atoms with E-state index in [9.17, 15) is 9.59 Å². The van der Waals surface area contributed by atoms with E-state index in [0.717, 1.165) is 34.0 Å². The van der Waals surface area contributed by atoms with Gasteiger partial charge in [-0.3, -0.25) is 19.8 Å². The number of hydrogen-bond donors (Lipinski definition) is 1. The molecule has 1 aromatic heterocycles. The Bertz CT molecular complexity index is 1290. The fourth-order valence-electron chi connectivity index (χ4n) is 3.93. The molecule has 2 heterocycles. The number of benzene rings is 2. The molecule has 1 saturated heterocycles. The zero-order valence-corrected chi connectivity index (χ0v) is 19.1. The topological polar surface area (TPSA) is 63.6 Å². The maximum absolute atomic E-state index is 13.3. The maximum Gasteiger partial charge on any atom is 0.270 e. The molecule has 1 fully saturated rings. The number of anilines is 1. The van der Waals surface area contributed by atoms with Crippen molar-refractivity contribution in [2.24, 2.45) is 0 Å². The van der Waals surface area contributed by atoms with E-state index in [0.29, 0.717) is 5.69 Å². The van der Waals surface area contributed by atoms with Crippen molar-refractivity contribution >= 4 is 40.9 Å². The largest absolute Gasteiger partial charge is 0.497 e. The summed E-state index contributed by atoms with van der Waals surface area (Å²) >= 11 is 5.31. The highest BCUT2D eigenvalue weighted by atomic mass is 32.1. The summed E-state index contributed by atoms with van der Waals surface area (Å²) in [7, 11) is 1.63. The van der Waals surface area contributed by atoms with Gasteiger partial charge in [0.2, 0.25) is 0 Å². The van der Waals surface area contributed by atoms with Crippen molar-refractivity contribution in [1.29, 1.82) is 0 Å². The molecule has 0 bridgehead atoms. The van der Waals surface area contributed by atoms with Gasteiger partial charge in [0.25, 0.3) is 11.8 Å². The average molecular weight is 446 g/mol. The van der Waals surface area contributed by atoms with Crippen LogP contribution in [0.25, 0.3) is 11.8 Å². The molecule has 0 saturated carbocycles. The lowest BCUT2D eigenvalue weighted by atomic mass is 10.1. The molecule has 0 unspecified atom stereocenters. The summed E-state index contributed by atoms with van der Waals surface area (Å²) in [6.45, 7) is 5.83. The first kappa shape index (κ1) is 21.5. The Morgan fingerprint density at radius 2 is 1.75 bits per heavy atom. The molecular weight excluding hydrogens is 422 g/mol. The lowest BCUT2D eigenvalue weighted by Crippen LogP contribution is -2.54. The Balaban J connectivity index is 1.78. The predicted octanol–water partition coefficient (Wildman–Crippen LogP) is 4.24. The van der Waals surface area contributed by atoms with Crippen LogP contribution in [0.4, 0.5) is 5.69 Å². The van der Waals surface area contributed by atoms with Crippen LogP contribution in [-0.4, -0.2) is 28.6 Å². The number of nitrogens with one attached hydrogen (secondary N) is 1. The second kappa shape index (κ2) is 8.43. The molecule has 3 aromatic rings. The van der Waals surface area contributed by atoms with E-state index in [1.54, 1.807) is 13.2 Å². The van der Waals surface area contributed by atoms with Crippen LogP contribution in [0.2, 0.25) is 0 Å². The molecule has 32 heavy (non-hydrogen) atoms. The first-order valence-corrected chi connectivity index (χ1v) is 10.5. The van der Waals surface area contributed by atoms with Gasteiger partial charge in [-0.1, -0.05) is 24.3 Å². The van der Waals surface area contributed by atoms with Gasteiger partial charge in [0, 0.05) is 23.1 Å². The molecule has 0 spiro atoms. The molecular formula is C25H23N3O3S. The summed E-state index contributed by atoms with van der Waals surface area (Å²) in [5.74, 6) is -0.200. The SMILES string of the molecule is COc1cccc(-n2c(C)cc(/C=C3/C(=O)NC(=S)N(c4ccccc4C)C3=O)c2C)c1. The summed E-state index contributed by atoms with van der Waals surface area (Å²) in [6, 6.07) is 17.1. The van der Waals surface area contributed by atoms with E-state index in [1.807, 2.05) is 75.4 Å². The second-order valence-electron chi connectivity index (χ2n) is 7.61. The molecule has 1 N–H and O–H groups in total. The highest BCUT2D eigenvalue weighted by Gasteiger charge is 2.35. The second-order valence-corrected chi connectivity index (χ2v) is 7.99. The fourth-order valence-corrected chi connectivity index (χ4v) is 4.20. The minimum absolute atomic E-state index is 0.0349. The van der Waals surface area contributed by atoms with Gasteiger partial charge in [0.1, 0.15) is 11.3 Å². The molecule has 162 valence electrons. The van der Waals surface area contributed by atoms with Crippen LogP contribution in [-0.2, 0) is 9.59 Å². The van der Waals surface area contributed by atoms with Gasteiger partial charge in [-0.05, 0) is 74.5 Å². The molecule has 1 aliphatic rings. The Kier molecular flexibility index (Phi) is 5.67. The van der Waals surface area contributed by atoms with Gasteiger partial charge in [-0.25, -0.2) is 0 Å². The van der Waals surface area contributed by atoms with Crippen LogP contribution < -0.4 is 15.0 Å². The van der Waals surface area contributed by atoms with Gasteiger partial charge in [0.05, 0.1) is 12.8 Å². The number of nitrogens with zero attached hydrogens (tertiary/aromatic N) is 2. The first-order valence-electron chi connectivity index (χ1n) is 10.1. The van der Waals surface area contributed by atoms with Crippen LogP contribution in [0, 0.1) is 20.8 Å². The van der Waals surface area contributed by atoms with Crippen LogP contribution >= 0.6 is 12.2 Å². The summed E-state index contributed by atoms with van der Waals surface area (Å²) in [5, 5.41) is 2.73. The van der Waals surface area contributed by atoms with Crippen LogP contribution in [0.15, 0.2) is 60.2 Å². The number of carbonyl (C=O) groups excluding carboxylic acids is 2. The number of methoxy groups -OCH3 is 1. The minimum Gasteiger partial charge on any atom is -0.497 e. The third-order valence-corrected chi connectivity index (χ3v) is 5.82. The highest BCUT2D eigenvalue weighted by Crippen LogP contribution is 2.28. The molecule has 7 heteroatoms. The average Bonchev–Trinajstić information content (AvgIpc) is 3.05. The number of thiocarbonyl (C=S) groups is 1. The van der Waals surface area contributed by atoms with Crippen molar-refractivity contribution in [2.75, 3.05) is 12.0 Å². The number of amides is 2. The van der Waals surface area contributed by atoms with E-state index in [2.05, 4.69) is 9.88 Å². The Morgan fingerprint density at radius 1 is 1.00 bits per heavy atom. The monoisotopic (exact) mass is 445 g/mol. The highest BCUT2D eigenvalue weighted by molar-refractivity contribution is 7.80. The van der Waals surface area contributed by atoms with E-state index in [4.69, 9.17) is 17.0 Å². The predicted molar refractivity (Wildman–Crippen MR) is 129 cm³/mol. The van der Waals surface area contributed by atoms with Gasteiger partial charge in [-0.15, -0.1) is 0 Å². The van der Waals surface area contributed by atoms with Crippen molar-refractivity contribution in [3.63, 3.8) is 0 Å². The molecule has 0 aliphatic carbocycles. The van der Waals surface area contributed by atoms with E-state index >= 15 is 0 Å². The quantitative estimate of drug-likeness (QED) is 0.371. The smallest absolute Gasteiger partial charge is 0.270 e. The molecule has 4 rings (SSSR count). The van der Waals surface area contributed by atoms with Crippen molar-refractivity contribution in [1.82, 2.24) is 9.88 Å². The normalized spacial score (nSPS) is 15.3. The molecule has 1 aliphatic heterocycles. The minimum atomic E-state index is -0.504. The number of hydrogen-bond acceptors (Lipinski definition) is 4. The van der Waals surface area contributed by atoms with Crippen LogP contribution in [0.5, 0.6) is 5.75 Å². The molecule has 2 aromatic carbocycles. The lowest BCUT2D eigenvalue weighted by molar-refractivity contribution is -0.122. The molecule has 2 amide bonds. The zero-order chi connectivity index (χ0) is 23.0. The van der Waals surface area contributed by atoms with Crippen molar-refractivity contribution in [2.45, 2.75) is 20.8 Å².